The molecule has 0 fully saturated rings. The molecule has 0 spiro atoms. The van der Waals surface area contributed by atoms with E-state index >= 15 is 0 Å². The summed E-state index contributed by atoms with van der Waals surface area (Å²) in [6, 6.07) is 12.9. The lowest BCUT2D eigenvalue weighted by atomic mass is 10.2. The molecule has 0 aliphatic rings. The number of benzene rings is 2. The maximum absolute atomic E-state index is 6.17. The highest BCUT2D eigenvalue weighted by atomic mass is 35.5. The van der Waals surface area contributed by atoms with Gasteiger partial charge in [0.05, 0.1) is 28.5 Å². The van der Waals surface area contributed by atoms with E-state index in [1.807, 2.05) is 30.5 Å². The summed E-state index contributed by atoms with van der Waals surface area (Å²) in [5.41, 5.74) is 2.51. The Labute approximate surface area is 165 Å². The van der Waals surface area contributed by atoms with Gasteiger partial charge in [-0.2, -0.15) is 5.10 Å². The molecule has 3 rings (SSSR count). The van der Waals surface area contributed by atoms with Gasteiger partial charge in [-0.25, -0.2) is 0 Å². The van der Waals surface area contributed by atoms with E-state index in [0.29, 0.717) is 26.7 Å². The van der Waals surface area contributed by atoms with Crippen molar-refractivity contribution in [3.8, 4) is 0 Å². The monoisotopic (exact) mass is 410 g/mol. The largest absolute Gasteiger partial charge is 0.332 e. The normalized spacial score (nSPS) is 10.5. The lowest BCUT2D eigenvalue weighted by Gasteiger charge is -2.09. The zero-order valence-corrected chi connectivity index (χ0v) is 15.9. The van der Waals surface area contributed by atoms with Crippen molar-refractivity contribution >= 4 is 63.5 Å². The third kappa shape index (κ3) is 4.86. The van der Waals surface area contributed by atoms with Crippen molar-refractivity contribution in [2.75, 3.05) is 10.6 Å². The van der Waals surface area contributed by atoms with Gasteiger partial charge in [-0.1, -0.05) is 53.0 Å². The first-order valence-corrected chi connectivity index (χ1v) is 8.84. The number of nitrogens with zero attached hydrogens (tertiary/aromatic N) is 2. The van der Waals surface area contributed by atoms with Crippen LogP contribution in [-0.4, -0.2) is 14.9 Å². The molecular weight excluding hydrogens is 399 g/mol. The standard InChI is InChI=1S/C17H13Cl3N4S/c18-14-4-2-1-3-11(14)9-24-10-13(8-21-24)23-17(25)22-12-5-6-15(19)16(20)7-12/h1-8,10H,9H2,(H2,22,23,25). The molecular formula is C17H13Cl3N4S. The molecule has 8 heteroatoms. The smallest absolute Gasteiger partial charge is 0.175 e. The SMILES string of the molecule is S=C(Nc1ccc(Cl)c(Cl)c1)Nc1cnn(Cc2ccccc2Cl)c1. The molecule has 0 aliphatic heterocycles. The highest BCUT2D eigenvalue weighted by molar-refractivity contribution is 7.80. The van der Waals surface area contributed by atoms with Crippen molar-refractivity contribution in [3.63, 3.8) is 0 Å². The zero-order valence-electron chi connectivity index (χ0n) is 12.8. The summed E-state index contributed by atoms with van der Waals surface area (Å²) in [5.74, 6) is 0. The molecule has 1 aromatic heterocycles. The number of halogens is 3. The average molecular weight is 412 g/mol. The van der Waals surface area contributed by atoms with Gasteiger partial charge in [-0.3, -0.25) is 4.68 Å². The van der Waals surface area contributed by atoms with Crippen molar-refractivity contribution < 1.29 is 0 Å². The lowest BCUT2D eigenvalue weighted by molar-refractivity contribution is 0.687. The summed E-state index contributed by atoms with van der Waals surface area (Å²) < 4.78 is 1.78. The van der Waals surface area contributed by atoms with Crippen molar-refractivity contribution in [2.45, 2.75) is 6.54 Å². The molecule has 0 radical (unpaired) electrons. The highest BCUT2D eigenvalue weighted by Crippen LogP contribution is 2.25. The van der Waals surface area contributed by atoms with Crippen molar-refractivity contribution in [1.29, 1.82) is 0 Å². The first kappa shape index (κ1) is 18.0. The Morgan fingerprint density at radius 3 is 2.48 bits per heavy atom. The van der Waals surface area contributed by atoms with Crippen LogP contribution < -0.4 is 10.6 Å². The second-order valence-corrected chi connectivity index (χ2v) is 6.86. The summed E-state index contributed by atoms with van der Waals surface area (Å²) in [5, 5.41) is 12.5. The maximum atomic E-state index is 6.17. The van der Waals surface area contributed by atoms with E-state index in [9.17, 15) is 0 Å². The Hall–Kier alpha value is -1.79. The summed E-state index contributed by atoms with van der Waals surface area (Å²) in [6.45, 7) is 0.578. The van der Waals surface area contributed by atoms with Crippen LogP contribution in [0.3, 0.4) is 0 Å². The molecule has 3 aromatic rings. The Kier molecular flexibility index (Phi) is 5.81. The summed E-state index contributed by atoms with van der Waals surface area (Å²) in [6.07, 6.45) is 3.55. The van der Waals surface area contributed by atoms with Crippen molar-refractivity contribution in [1.82, 2.24) is 9.78 Å². The maximum Gasteiger partial charge on any atom is 0.175 e. The minimum Gasteiger partial charge on any atom is -0.332 e. The fraction of sp³-hybridized carbons (Fsp3) is 0.0588. The molecule has 0 saturated heterocycles. The zero-order chi connectivity index (χ0) is 17.8. The summed E-state index contributed by atoms with van der Waals surface area (Å²) >= 11 is 23.4. The van der Waals surface area contributed by atoms with Crippen LogP contribution in [0.2, 0.25) is 15.1 Å². The molecule has 0 unspecified atom stereocenters. The van der Waals surface area contributed by atoms with E-state index in [-0.39, 0.29) is 0 Å². The van der Waals surface area contributed by atoms with E-state index in [0.717, 1.165) is 16.9 Å². The first-order chi connectivity index (χ1) is 12.0. The third-order valence-corrected chi connectivity index (χ3v) is 4.67. The van der Waals surface area contributed by atoms with Gasteiger partial charge in [0.1, 0.15) is 0 Å². The van der Waals surface area contributed by atoms with E-state index in [4.69, 9.17) is 47.0 Å². The van der Waals surface area contributed by atoms with Crippen LogP contribution in [0, 0.1) is 0 Å². The molecule has 0 bridgehead atoms. The molecule has 0 amide bonds. The molecule has 1 heterocycles. The minimum atomic E-state index is 0.427. The predicted molar refractivity (Wildman–Crippen MR) is 109 cm³/mol. The van der Waals surface area contributed by atoms with Gasteiger partial charge in [-0.05, 0) is 42.0 Å². The van der Waals surface area contributed by atoms with E-state index in [1.165, 1.54) is 0 Å². The molecule has 2 N–H and O–H groups in total. The average Bonchev–Trinajstić information content (AvgIpc) is 3.00. The first-order valence-electron chi connectivity index (χ1n) is 7.30. The van der Waals surface area contributed by atoms with Gasteiger partial charge in [-0.15, -0.1) is 0 Å². The van der Waals surface area contributed by atoms with E-state index in [2.05, 4.69) is 15.7 Å². The fourth-order valence-corrected chi connectivity index (χ4v) is 2.91. The number of anilines is 2. The minimum absolute atomic E-state index is 0.427. The molecule has 128 valence electrons. The number of hydrogen-bond donors (Lipinski definition) is 2. The van der Waals surface area contributed by atoms with Gasteiger partial charge in [0, 0.05) is 16.9 Å². The lowest BCUT2D eigenvalue weighted by Crippen LogP contribution is -2.18. The molecule has 25 heavy (non-hydrogen) atoms. The number of thiocarbonyl (C=S) groups is 1. The third-order valence-electron chi connectivity index (χ3n) is 3.36. The van der Waals surface area contributed by atoms with Crippen LogP contribution in [0.25, 0.3) is 0 Å². The van der Waals surface area contributed by atoms with Gasteiger partial charge in [0.2, 0.25) is 0 Å². The van der Waals surface area contributed by atoms with E-state index < -0.39 is 0 Å². The molecule has 0 atom stereocenters. The van der Waals surface area contributed by atoms with Crippen LogP contribution in [0.1, 0.15) is 5.56 Å². The number of hydrogen-bond acceptors (Lipinski definition) is 2. The van der Waals surface area contributed by atoms with Gasteiger partial charge >= 0.3 is 0 Å². The molecule has 0 saturated carbocycles. The Bertz CT molecular complexity index is 910. The number of nitrogens with one attached hydrogen (secondary N) is 2. The van der Waals surface area contributed by atoms with Crippen molar-refractivity contribution in [3.05, 3.63) is 75.5 Å². The quantitative estimate of drug-likeness (QED) is 0.540. The predicted octanol–water partition coefficient (Wildman–Crippen LogP) is 5.70. The second-order valence-electron chi connectivity index (χ2n) is 5.23. The Morgan fingerprint density at radius 2 is 1.72 bits per heavy atom. The van der Waals surface area contributed by atoms with Crippen LogP contribution in [-0.2, 0) is 6.54 Å². The number of rotatable bonds is 4. The van der Waals surface area contributed by atoms with Crippen LogP contribution in [0.5, 0.6) is 0 Å². The van der Waals surface area contributed by atoms with Gasteiger partial charge < -0.3 is 10.6 Å². The Morgan fingerprint density at radius 1 is 0.960 bits per heavy atom. The molecule has 4 nitrogen and oxygen atoms in total. The van der Waals surface area contributed by atoms with Crippen LogP contribution >= 0.6 is 47.0 Å². The molecule has 2 aromatic carbocycles. The van der Waals surface area contributed by atoms with Crippen molar-refractivity contribution in [2.24, 2.45) is 0 Å². The van der Waals surface area contributed by atoms with Crippen LogP contribution in [0.15, 0.2) is 54.9 Å². The second kappa shape index (κ2) is 8.06. The summed E-state index contributed by atoms with van der Waals surface area (Å²) in [4.78, 5) is 0. The van der Waals surface area contributed by atoms with Crippen LogP contribution in [0.4, 0.5) is 11.4 Å². The van der Waals surface area contributed by atoms with E-state index in [1.54, 1.807) is 29.1 Å². The number of aromatic nitrogens is 2. The summed E-state index contributed by atoms with van der Waals surface area (Å²) in [7, 11) is 0. The highest BCUT2D eigenvalue weighted by Gasteiger charge is 2.05. The van der Waals surface area contributed by atoms with Gasteiger partial charge in [0.15, 0.2) is 5.11 Å². The fourth-order valence-electron chi connectivity index (χ4n) is 2.18. The van der Waals surface area contributed by atoms with Gasteiger partial charge in [0.25, 0.3) is 0 Å². The Balaban J connectivity index is 1.61. The topological polar surface area (TPSA) is 41.9 Å². The molecule has 0 aliphatic carbocycles.